The smallest absolute Gasteiger partial charge is 0.162 e. The maximum Gasteiger partial charge on any atom is 0.162 e. The van der Waals surface area contributed by atoms with Crippen LogP contribution in [0.15, 0.2) is 18.5 Å². The number of anilines is 1. The Balaban J connectivity index is 2.14. The number of pyridine rings is 1. The molecule has 1 aliphatic rings. The average molecular weight is 242 g/mol. The lowest BCUT2D eigenvalue weighted by atomic mass is 10.1. The molecule has 0 radical (unpaired) electrons. The Morgan fingerprint density at radius 3 is 3.06 bits per heavy atom. The van der Waals surface area contributed by atoms with Crippen LogP contribution in [0, 0.1) is 6.92 Å². The van der Waals surface area contributed by atoms with Gasteiger partial charge in [-0.3, -0.25) is 4.98 Å². The van der Waals surface area contributed by atoms with E-state index in [9.17, 15) is 0 Å². The van der Waals surface area contributed by atoms with Crippen LogP contribution in [-0.4, -0.2) is 21.6 Å². The van der Waals surface area contributed by atoms with Gasteiger partial charge in [0.05, 0.1) is 18.9 Å². The molecule has 92 valence electrons. The first kappa shape index (κ1) is 11.1. The number of rotatable bonds is 1. The van der Waals surface area contributed by atoms with E-state index in [0.29, 0.717) is 24.9 Å². The van der Waals surface area contributed by atoms with Gasteiger partial charge < -0.3 is 10.5 Å². The van der Waals surface area contributed by atoms with Crippen LogP contribution in [-0.2, 0) is 17.8 Å². The molecule has 3 heterocycles. The maximum atomic E-state index is 5.98. The van der Waals surface area contributed by atoms with Crippen LogP contribution in [0.2, 0.25) is 0 Å². The van der Waals surface area contributed by atoms with Gasteiger partial charge in [0.1, 0.15) is 5.82 Å². The molecule has 3 rings (SSSR count). The molecule has 2 aromatic rings. The summed E-state index contributed by atoms with van der Waals surface area (Å²) < 4.78 is 5.38. The third-order valence-electron chi connectivity index (χ3n) is 3.12. The normalized spacial score (nSPS) is 14.3. The predicted octanol–water partition coefficient (Wildman–Crippen LogP) is 1.50. The molecule has 0 amide bonds. The van der Waals surface area contributed by atoms with E-state index in [4.69, 9.17) is 10.5 Å². The lowest BCUT2D eigenvalue weighted by molar-refractivity contribution is 0.109. The highest BCUT2D eigenvalue weighted by Gasteiger charge is 2.17. The van der Waals surface area contributed by atoms with Crippen molar-refractivity contribution in [2.75, 3.05) is 12.3 Å². The van der Waals surface area contributed by atoms with Crippen molar-refractivity contribution in [2.45, 2.75) is 20.0 Å². The van der Waals surface area contributed by atoms with Gasteiger partial charge in [0.25, 0.3) is 0 Å². The van der Waals surface area contributed by atoms with Crippen molar-refractivity contribution in [3.05, 3.63) is 35.3 Å². The second-order valence-corrected chi connectivity index (χ2v) is 4.35. The fourth-order valence-electron chi connectivity index (χ4n) is 2.10. The summed E-state index contributed by atoms with van der Waals surface area (Å²) in [5.74, 6) is 1.19. The topological polar surface area (TPSA) is 73.9 Å². The molecule has 2 N–H and O–H groups in total. The molecule has 0 saturated carbocycles. The van der Waals surface area contributed by atoms with Crippen molar-refractivity contribution in [3.63, 3.8) is 0 Å². The first-order chi connectivity index (χ1) is 8.75. The summed E-state index contributed by atoms with van der Waals surface area (Å²) >= 11 is 0. The Bertz CT molecular complexity index is 598. The number of nitrogens with two attached hydrogens (primary N) is 1. The summed E-state index contributed by atoms with van der Waals surface area (Å²) in [6.45, 7) is 3.19. The summed E-state index contributed by atoms with van der Waals surface area (Å²) in [5.41, 5.74) is 9.93. The summed E-state index contributed by atoms with van der Waals surface area (Å²) in [4.78, 5) is 13.1. The molecule has 18 heavy (non-hydrogen) atoms. The van der Waals surface area contributed by atoms with E-state index in [1.54, 1.807) is 12.4 Å². The van der Waals surface area contributed by atoms with Gasteiger partial charge >= 0.3 is 0 Å². The van der Waals surface area contributed by atoms with Crippen LogP contribution in [0.25, 0.3) is 11.4 Å². The molecule has 0 spiro atoms. The monoisotopic (exact) mass is 242 g/mol. The van der Waals surface area contributed by atoms with E-state index in [0.717, 1.165) is 28.8 Å². The van der Waals surface area contributed by atoms with Crippen molar-refractivity contribution in [3.8, 4) is 11.4 Å². The lowest BCUT2D eigenvalue weighted by Gasteiger charge is -2.18. The molecular formula is C13H14N4O. The number of aryl methyl sites for hydroxylation is 1. The molecule has 0 fully saturated rings. The van der Waals surface area contributed by atoms with Crippen molar-refractivity contribution >= 4 is 5.82 Å². The quantitative estimate of drug-likeness (QED) is 0.820. The highest BCUT2D eigenvalue weighted by Crippen LogP contribution is 2.25. The zero-order valence-electron chi connectivity index (χ0n) is 10.2. The summed E-state index contributed by atoms with van der Waals surface area (Å²) in [5, 5.41) is 0. The summed E-state index contributed by atoms with van der Waals surface area (Å²) in [6.07, 6.45) is 4.33. The van der Waals surface area contributed by atoms with E-state index in [1.165, 1.54) is 0 Å². The zero-order valence-corrected chi connectivity index (χ0v) is 10.2. The summed E-state index contributed by atoms with van der Waals surface area (Å²) in [7, 11) is 0. The number of hydrogen-bond acceptors (Lipinski definition) is 5. The van der Waals surface area contributed by atoms with Gasteiger partial charge in [-0.05, 0) is 18.6 Å². The molecule has 1 aliphatic heterocycles. The lowest BCUT2D eigenvalue weighted by Crippen LogP contribution is -2.16. The van der Waals surface area contributed by atoms with Crippen LogP contribution in [0.1, 0.15) is 16.8 Å². The standard InChI is InChI=1S/C13H14N4O/c1-8-6-15-4-2-9(8)13-16-11-3-5-18-7-10(11)12(14)17-13/h2,4,6H,3,5,7H2,1H3,(H2,14,16,17). The second-order valence-electron chi connectivity index (χ2n) is 4.35. The largest absolute Gasteiger partial charge is 0.383 e. The van der Waals surface area contributed by atoms with E-state index < -0.39 is 0 Å². The molecule has 0 aromatic carbocycles. The Hall–Kier alpha value is -2.01. The highest BCUT2D eigenvalue weighted by molar-refractivity contribution is 5.61. The van der Waals surface area contributed by atoms with Gasteiger partial charge in [-0.2, -0.15) is 0 Å². The molecule has 0 atom stereocenters. The Morgan fingerprint density at radius 1 is 1.33 bits per heavy atom. The molecule has 0 unspecified atom stereocenters. The molecule has 0 bridgehead atoms. The number of fused-ring (bicyclic) bond motifs is 1. The fraction of sp³-hybridized carbons (Fsp3) is 0.308. The van der Waals surface area contributed by atoms with Crippen molar-refractivity contribution in [1.29, 1.82) is 0 Å². The first-order valence-electron chi connectivity index (χ1n) is 5.89. The van der Waals surface area contributed by atoms with Crippen LogP contribution in [0.3, 0.4) is 0 Å². The highest BCUT2D eigenvalue weighted by atomic mass is 16.5. The first-order valence-corrected chi connectivity index (χ1v) is 5.89. The number of nitrogen functional groups attached to an aromatic ring is 1. The van der Waals surface area contributed by atoms with Gasteiger partial charge in [-0.25, -0.2) is 9.97 Å². The second kappa shape index (κ2) is 4.34. The number of nitrogens with zero attached hydrogens (tertiary/aromatic N) is 3. The fourth-order valence-corrected chi connectivity index (χ4v) is 2.10. The van der Waals surface area contributed by atoms with Crippen molar-refractivity contribution in [2.24, 2.45) is 0 Å². The Labute approximate surface area is 105 Å². The van der Waals surface area contributed by atoms with Gasteiger partial charge in [-0.1, -0.05) is 0 Å². The summed E-state index contributed by atoms with van der Waals surface area (Å²) in [6, 6.07) is 1.91. The average Bonchev–Trinajstić information content (AvgIpc) is 2.39. The van der Waals surface area contributed by atoms with E-state index in [2.05, 4.69) is 15.0 Å². The van der Waals surface area contributed by atoms with Gasteiger partial charge in [0, 0.05) is 29.9 Å². The van der Waals surface area contributed by atoms with Gasteiger partial charge in [-0.15, -0.1) is 0 Å². The number of hydrogen-bond donors (Lipinski definition) is 1. The number of ether oxygens (including phenoxy) is 1. The molecule has 2 aromatic heterocycles. The van der Waals surface area contributed by atoms with Crippen molar-refractivity contribution < 1.29 is 4.74 Å². The zero-order chi connectivity index (χ0) is 12.5. The third kappa shape index (κ3) is 1.82. The predicted molar refractivity (Wildman–Crippen MR) is 67.8 cm³/mol. The molecule has 5 heteroatoms. The van der Waals surface area contributed by atoms with E-state index in [1.807, 2.05) is 13.0 Å². The molecule has 0 saturated heterocycles. The molecule has 5 nitrogen and oxygen atoms in total. The minimum atomic E-state index is 0.511. The molecule has 0 aliphatic carbocycles. The van der Waals surface area contributed by atoms with Crippen LogP contribution >= 0.6 is 0 Å². The van der Waals surface area contributed by atoms with Crippen LogP contribution in [0.4, 0.5) is 5.82 Å². The van der Waals surface area contributed by atoms with Crippen LogP contribution in [0.5, 0.6) is 0 Å². The van der Waals surface area contributed by atoms with E-state index >= 15 is 0 Å². The molecular weight excluding hydrogens is 228 g/mol. The van der Waals surface area contributed by atoms with Gasteiger partial charge in [0.15, 0.2) is 5.82 Å². The van der Waals surface area contributed by atoms with Crippen LogP contribution < -0.4 is 5.73 Å². The number of aromatic nitrogens is 3. The third-order valence-corrected chi connectivity index (χ3v) is 3.12. The SMILES string of the molecule is Cc1cnccc1-c1nc(N)c2c(n1)CCOC2. The van der Waals surface area contributed by atoms with Crippen molar-refractivity contribution in [1.82, 2.24) is 15.0 Å². The Morgan fingerprint density at radius 2 is 2.22 bits per heavy atom. The maximum absolute atomic E-state index is 5.98. The van der Waals surface area contributed by atoms with Gasteiger partial charge in [0.2, 0.25) is 0 Å². The minimum absolute atomic E-state index is 0.511. The Kier molecular flexibility index (Phi) is 2.68. The minimum Gasteiger partial charge on any atom is -0.383 e. The van der Waals surface area contributed by atoms with E-state index in [-0.39, 0.29) is 0 Å².